The van der Waals surface area contributed by atoms with Crippen LogP contribution >= 0.6 is 15.9 Å². The summed E-state index contributed by atoms with van der Waals surface area (Å²) in [5.41, 5.74) is 2.36. The summed E-state index contributed by atoms with van der Waals surface area (Å²) in [6, 6.07) is 22.6. The summed E-state index contributed by atoms with van der Waals surface area (Å²) in [6.07, 6.45) is 0.0681. The summed E-state index contributed by atoms with van der Waals surface area (Å²) in [6.45, 7) is 4.42. The number of nitrogens with one attached hydrogen (secondary N) is 1. The Hall–Kier alpha value is -2.79. The van der Waals surface area contributed by atoms with Crippen molar-refractivity contribution in [2.75, 3.05) is 5.32 Å². The SMILES string of the molecule is CC(C)Oc1ccc(C(=O)Nc2ccc(OCc3ccccc3)cc2)cc1Br. The monoisotopic (exact) mass is 439 g/mol. The fourth-order valence-electron chi connectivity index (χ4n) is 2.57. The van der Waals surface area contributed by atoms with Crippen molar-refractivity contribution in [2.24, 2.45) is 0 Å². The average Bonchev–Trinajstić information content (AvgIpc) is 2.69. The molecule has 0 radical (unpaired) electrons. The Labute approximate surface area is 173 Å². The molecule has 0 atom stereocenters. The van der Waals surface area contributed by atoms with Crippen LogP contribution < -0.4 is 14.8 Å². The molecular weight excluding hydrogens is 418 g/mol. The minimum absolute atomic E-state index is 0.0681. The molecule has 0 aliphatic heterocycles. The van der Waals surface area contributed by atoms with Crippen LogP contribution in [0.15, 0.2) is 77.3 Å². The smallest absolute Gasteiger partial charge is 0.255 e. The summed E-state index contributed by atoms with van der Waals surface area (Å²) in [7, 11) is 0. The lowest BCUT2D eigenvalue weighted by Crippen LogP contribution is -2.12. The molecule has 4 nitrogen and oxygen atoms in total. The van der Waals surface area contributed by atoms with Crippen LogP contribution in [0.1, 0.15) is 29.8 Å². The van der Waals surface area contributed by atoms with Gasteiger partial charge in [-0.15, -0.1) is 0 Å². The minimum Gasteiger partial charge on any atom is -0.490 e. The standard InChI is InChI=1S/C23H22BrNO3/c1-16(2)28-22-13-8-18(14-21(22)24)23(26)25-19-9-11-20(12-10-19)27-15-17-6-4-3-5-7-17/h3-14,16H,15H2,1-2H3,(H,25,26). The van der Waals surface area contributed by atoms with Gasteiger partial charge in [-0.25, -0.2) is 0 Å². The van der Waals surface area contributed by atoms with Crippen LogP contribution in [0.3, 0.4) is 0 Å². The van der Waals surface area contributed by atoms with Gasteiger partial charge in [0.2, 0.25) is 0 Å². The number of amides is 1. The van der Waals surface area contributed by atoms with Crippen molar-refractivity contribution >= 4 is 27.5 Å². The van der Waals surface area contributed by atoms with Crippen molar-refractivity contribution in [1.29, 1.82) is 0 Å². The molecule has 28 heavy (non-hydrogen) atoms. The molecule has 0 aliphatic rings. The predicted molar refractivity (Wildman–Crippen MR) is 115 cm³/mol. The normalized spacial score (nSPS) is 10.6. The minimum atomic E-state index is -0.185. The fourth-order valence-corrected chi connectivity index (χ4v) is 3.04. The van der Waals surface area contributed by atoms with Gasteiger partial charge in [0.1, 0.15) is 18.1 Å². The van der Waals surface area contributed by atoms with E-state index in [1.54, 1.807) is 18.2 Å². The molecule has 0 unspecified atom stereocenters. The van der Waals surface area contributed by atoms with Crippen molar-refractivity contribution in [3.63, 3.8) is 0 Å². The maximum absolute atomic E-state index is 12.5. The maximum atomic E-state index is 12.5. The van der Waals surface area contributed by atoms with Crippen LogP contribution in [0, 0.1) is 0 Å². The highest BCUT2D eigenvalue weighted by molar-refractivity contribution is 9.10. The van der Waals surface area contributed by atoms with Crippen molar-refractivity contribution in [2.45, 2.75) is 26.6 Å². The van der Waals surface area contributed by atoms with Crippen LogP contribution in [0.25, 0.3) is 0 Å². The Kier molecular flexibility index (Phi) is 6.71. The average molecular weight is 440 g/mol. The molecule has 0 saturated carbocycles. The van der Waals surface area contributed by atoms with E-state index >= 15 is 0 Å². The third kappa shape index (κ3) is 5.60. The van der Waals surface area contributed by atoms with Gasteiger partial charge in [0, 0.05) is 11.3 Å². The second kappa shape index (κ2) is 9.42. The van der Waals surface area contributed by atoms with E-state index < -0.39 is 0 Å². The van der Waals surface area contributed by atoms with Gasteiger partial charge in [0.25, 0.3) is 5.91 Å². The van der Waals surface area contributed by atoms with Gasteiger partial charge in [0.05, 0.1) is 10.6 Å². The second-order valence-electron chi connectivity index (χ2n) is 6.56. The first-order valence-corrected chi connectivity index (χ1v) is 9.85. The zero-order valence-corrected chi connectivity index (χ0v) is 17.4. The highest BCUT2D eigenvalue weighted by Gasteiger charge is 2.10. The molecule has 3 aromatic rings. The van der Waals surface area contributed by atoms with Gasteiger partial charge < -0.3 is 14.8 Å². The van der Waals surface area contributed by atoms with Crippen molar-refractivity contribution < 1.29 is 14.3 Å². The van der Waals surface area contributed by atoms with Crippen LogP contribution in [0.4, 0.5) is 5.69 Å². The van der Waals surface area contributed by atoms with Crippen LogP contribution in [0.2, 0.25) is 0 Å². The summed E-state index contributed by atoms with van der Waals surface area (Å²) in [5, 5.41) is 2.89. The highest BCUT2D eigenvalue weighted by Crippen LogP contribution is 2.27. The Morgan fingerprint density at radius 3 is 2.36 bits per heavy atom. The lowest BCUT2D eigenvalue weighted by molar-refractivity contribution is 0.102. The number of hydrogen-bond acceptors (Lipinski definition) is 3. The number of ether oxygens (including phenoxy) is 2. The van der Waals surface area contributed by atoms with E-state index in [9.17, 15) is 4.79 Å². The molecule has 0 aromatic heterocycles. The van der Waals surface area contributed by atoms with Gasteiger partial charge >= 0.3 is 0 Å². The second-order valence-corrected chi connectivity index (χ2v) is 7.42. The van der Waals surface area contributed by atoms with E-state index in [0.29, 0.717) is 23.6 Å². The van der Waals surface area contributed by atoms with E-state index in [-0.39, 0.29) is 12.0 Å². The van der Waals surface area contributed by atoms with Crippen molar-refractivity contribution in [3.05, 3.63) is 88.4 Å². The first kappa shape index (κ1) is 20.0. The molecule has 1 N–H and O–H groups in total. The quantitative estimate of drug-likeness (QED) is 0.485. The van der Waals surface area contributed by atoms with Gasteiger partial charge in [-0.05, 0) is 77.8 Å². The van der Waals surface area contributed by atoms with E-state index in [1.807, 2.05) is 68.4 Å². The number of hydrogen-bond donors (Lipinski definition) is 1. The maximum Gasteiger partial charge on any atom is 0.255 e. The zero-order chi connectivity index (χ0) is 19.9. The van der Waals surface area contributed by atoms with Crippen LogP contribution in [0.5, 0.6) is 11.5 Å². The number of halogens is 1. The Morgan fingerprint density at radius 2 is 1.71 bits per heavy atom. The Bertz CT molecular complexity index is 924. The number of rotatable bonds is 7. The summed E-state index contributed by atoms with van der Waals surface area (Å²) < 4.78 is 12.2. The highest BCUT2D eigenvalue weighted by atomic mass is 79.9. The molecule has 0 saturated heterocycles. The van der Waals surface area contributed by atoms with Gasteiger partial charge in [-0.2, -0.15) is 0 Å². The van der Waals surface area contributed by atoms with Crippen LogP contribution in [-0.4, -0.2) is 12.0 Å². The molecule has 1 amide bonds. The van der Waals surface area contributed by atoms with Crippen molar-refractivity contribution in [3.8, 4) is 11.5 Å². The number of carbonyl (C=O) groups excluding carboxylic acids is 1. The van der Waals surface area contributed by atoms with E-state index in [4.69, 9.17) is 9.47 Å². The third-order valence-corrected chi connectivity index (χ3v) is 4.54. The van der Waals surface area contributed by atoms with E-state index in [2.05, 4.69) is 21.2 Å². The first-order valence-electron chi connectivity index (χ1n) is 9.05. The molecular formula is C23H22BrNO3. The molecule has 0 spiro atoms. The van der Waals surface area contributed by atoms with Gasteiger partial charge in [0.15, 0.2) is 0 Å². The molecule has 3 aromatic carbocycles. The lowest BCUT2D eigenvalue weighted by atomic mass is 10.2. The number of carbonyl (C=O) groups is 1. The lowest BCUT2D eigenvalue weighted by Gasteiger charge is -2.13. The Balaban J connectivity index is 1.59. The molecule has 0 heterocycles. The van der Waals surface area contributed by atoms with Crippen LogP contribution in [-0.2, 0) is 6.61 Å². The van der Waals surface area contributed by atoms with E-state index in [0.717, 1.165) is 15.8 Å². The Morgan fingerprint density at radius 1 is 1.00 bits per heavy atom. The molecule has 3 rings (SSSR count). The largest absolute Gasteiger partial charge is 0.490 e. The molecule has 0 bridgehead atoms. The third-order valence-electron chi connectivity index (χ3n) is 3.92. The first-order chi connectivity index (χ1) is 13.5. The molecule has 5 heteroatoms. The molecule has 0 fully saturated rings. The fraction of sp³-hybridized carbons (Fsp3) is 0.174. The van der Waals surface area contributed by atoms with Gasteiger partial charge in [-0.3, -0.25) is 4.79 Å². The summed E-state index contributed by atoms with van der Waals surface area (Å²) >= 11 is 3.45. The van der Waals surface area contributed by atoms with Crippen molar-refractivity contribution in [1.82, 2.24) is 0 Å². The van der Waals surface area contributed by atoms with E-state index in [1.165, 1.54) is 0 Å². The molecule has 0 aliphatic carbocycles. The predicted octanol–water partition coefficient (Wildman–Crippen LogP) is 6.07. The zero-order valence-electron chi connectivity index (χ0n) is 15.8. The molecule has 144 valence electrons. The number of anilines is 1. The topological polar surface area (TPSA) is 47.6 Å². The summed E-state index contributed by atoms with van der Waals surface area (Å²) in [4.78, 5) is 12.5. The van der Waals surface area contributed by atoms with Gasteiger partial charge in [-0.1, -0.05) is 30.3 Å². The summed E-state index contributed by atoms with van der Waals surface area (Å²) in [5.74, 6) is 1.28. The number of benzene rings is 3.